The molecule has 0 radical (unpaired) electrons. The highest BCUT2D eigenvalue weighted by molar-refractivity contribution is 7.47. The zero-order valence-corrected chi connectivity index (χ0v) is 26.3. The Bertz CT molecular complexity index is 580. The number of phosphoric acid groups is 1. The van der Waals surface area contributed by atoms with Gasteiger partial charge in [-0.15, -0.1) is 0 Å². The molecular formula is C30H62NO7P. The van der Waals surface area contributed by atoms with Gasteiger partial charge in [-0.1, -0.05) is 129 Å². The lowest BCUT2D eigenvalue weighted by molar-refractivity contribution is -0.154. The van der Waals surface area contributed by atoms with E-state index in [2.05, 4.69) is 13.8 Å². The SMILES string of the molecule is CCCCCCCCCCCCCCOCC(COP(=O)(O)OCCN)OC(=O)CCCCCCCCCC. The number of phosphoric ester groups is 1. The molecule has 0 heterocycles. The molecule has 0 rings (SSSR count). The minimum atomic E-state index is -4.25. The van der Waals surface area contributed by atoms with Gasteiger partial charge in [0.1, 0.15) is 6.10 Å². The van der Waals surface area contributed by atoms with Gasteiger partial charge >= 0.3 is 13.8 Å². The van der Waals surface area contributed by atoms with Crippen molar-refractivity contribution in [2.45, 2.75) is 155 Å². The number of ether oxygens (including phenoxy) is 2. The summed E-state index contributed by atoms with van der Waals surface area (Å²) < 4.78 is 33.0. The number of unbranched alkanes of at least 4 members (excludes halogenated alkanes) is 18. The second-order valence-electron chi connectivity index (χ2n) is 10.7. The molecule has 0 saturated carbocycles. The van der Waals surface area contributed by atoms with Crippen molar-refractivity contribution >= 4 is 13.8 Å². The Kier molecular flexibility index (Phi) is 28.6. The van der Waals surface area contributed by atoms with Gasteiger partial charge in [-0.3, -0.25) is 13.8 Å². The van der Waals surface area contributed by atoms with Crippen LogP contribution in [0.1, 0.15) is 149 Å². The maximum absolute atomic E-state index is 12.4. The Balaban J connectivity index is 4.12. The Morgan fingerprint density at radius 2 is 1.13 bits per heavy atom. The summed E-state index contributed by atoms with van der Waals surface area (Å²) in [4.78, 5) is 22.1. The third kappa shape index (κ3) is 28.8. The lowest BCUT2D eigenvalue weighted by Crippen LogP contribution is -2.28. The molecule has 0 amide bonds. The molecule has 0 fully saturated rings. The van der Waals surface area contributed by atoms with Crippen LogP contribution in [0.2, 0.25) is 0 Å². The zero-order chi connectivity index (χ0) is 28.9. The second kappa shape index (κ2) is 29.0. The van der Waals surface area contributed by atoms with Gasteiger partial charge in [0, 0.05) is 19.6 Å². The number of rotatable bonds is 31. The average molecular weight is 580 g/mol. The lowest BCUT2D eigenvalue weighted by atomic mass is 10.1. The van der Waals surface area contributed by atoms with Crippen LogP contribution in [0.25, 0.3) is 0 Å². The van der Waals surface area contributed by atoms with E-state index in [1.54, 1.807) is 0 Å². The molecular weight excluding hydrogens is 517 g/mol. The molecule has 0 saturated heterocycles. The van der Waals surface area contributed by atoms with Crippen molar-refractivity contribution in [3.8, 4) is 0 Å². The topological polar surface area (TPSA) is 117 Å². The summed E-state index contributed by atoms with van der Waals surface area (Å²) in [5, 5.41) is 0. The first kappa shape index (κ1) is 38.5. The van der Waals surface area contributed by atoms with Crippen molar-refractivity contribution < 1.29 is 32.8 Å². The van der Waals surface area contributed by atoms with Crippen molar-refractivity contribution in [3.63, 3.8) is 0 Å². The zero-order valence-electron chi connectivity index (χ0n) is 25.4. The largest absolute Gasteiger partial charge is 0.472 e. The van der Waals surface area contributed by atoms with Crippen LogP contribution in [0.5, 0.6) is 0 Å². The van der Waals surface area contributed by atoms with Crippen molar-refractivity contribution in [2.24, 2.45) is 5.73 Å². The van der Waals surface area contributed by atoms with Gasteiger partial charge in [0.2, 0.25) is 0 Å². The highest BCUT2D eigenvalue weighted by Gasteiger charge is 2.25. The summed E-state index contributed by atoms with van der Waals surface area (Å²) in [5.41, 5.74) is 5.32. The average Bonchev–Trinajstić information content (AvgIpc) is 2.92. The maximum Gasteiger partial charge on any atom is 0.472 e. The molecule has 3 N–H and O–H groups in total. The monoisotopic (exact) mass is 579 g/mol. The maximum atomic E-state index is 12.4. The first-order chi connectivity index (χ1) is 18.9. The van der Waals surface area contributed by atoms with E-state index in [0.717, 1.165) is 32.1 Å². The smallest absolute Gasteiger partial charge is 0.457 e. The van der Waals surface area contributed by atoms with Crippen molar-refractivity contribution in [1.29, 1.82) is 0 Å². The minimum absolute atomic E-state index is 0.0911. The van der Waals surface area contributed by atoms with E-state index in [9.17, 15) is 14.3 Å². The molecule has 9 heteroatoms. The van der Waals surface area contributed by atoms with Gasteiger partial charge in [0.05, 0.1) is 19.8 Å². The third-order valence-electron chi connectivity index (χ3n) is 6.77. The number of hydrogen-bond donors (Lipinski definition) is 2. The normalized spacial score (nSPS) is 13.8. The second-order valence-corrected chi connectivity index (χ2v) is 12.1. The van der Waals surface area contributed by atoms with Crippen molar-refractivity contribution in [2.75, 3.05) is 33.0 Å². The quantitative estimate of drug-likeness (QED) is 0.0479. The summed E-state index contributed by atoms with van der Waals surface area (Å²) >= 11 is 0. The number of nitrogens with two attached hydrogens (primary N) is 1. The van der Waals surface area contributed by atoms with Crippen LogP contribution < -0.4 is 5.73 Å². The summed E-state index contributed by atoms with van der Waals surface area (Å²) in [6.45, 7) is 4.89. The molecule has 0 bridgehead atoms. The van der Waals surface area contributed by atoms with Crippen LogP contribution in [-0.4, -0.2) is 49.9 Å². The highest BCUT2D eigenvalue weighted by atomic mass is 31.2. The van der Waals surface area contributed by atoms with Gasteiger partial charge in [-0.05, 0) is 12.8 Å². The lowest BCUT2D eigenvalue weighted by Gasteiger charge is -2.20. The molecule has 0 aromatic rings. The molecule has 39 heavy (non-hydrogen) atoms. The fraction of sp³-hybridized carbons (Fsp3) is 0.967. The fourth-order valence-corrected chi connectivity index (χ4v) is 5.17. The van der Waals surface area contributed by atoms with E-state index in [0.29, 0.717) is 13.0 Å². The van der Waals surface area contributed by atoms with E-state index >= 15 is 0 Å². The van der Waals surface area contributed by atoms with E-state index in [1.165, 1.54) is 96.3 Å². The van der Waals surface area contributed by atoms with Gasteiger partial charge in [-0.2, -0.15) is 0 Å². The Morgan fingerprint density at radius 3 is 1.62 bits per heavy atom. The Morgan fingerprint density at radius 1 is 0.667 bits per heavy atom. The van der Waals surface area contributed by atoms with E-state index in [-0.39, 0.29) is 32.3 Å². The summed E-state index contributed by atoms with van der Waals surface area (Å²) in [7, 11) is -4.25. The third-order valence-corrected chi connectivity index (χ3v) is 7.76. The van der Waals surface area contributed by atoms with Crippen molar-refractivity contribution in [1.82, 2.24) is 0 Å². The van der Waals surface area contributed by atoms with Gasteiger partial charge < -0.3 is 20.1 Å². The van der Waals surface area contributed by atoms with Crippen LogP contribution in [0.15, 0.2) is 0 Å². The van der Waals surface area contributed by atoms with Gasteiger partial charge in [0.25, 0.3) is 0 Å². The molecule has 2 atom stereocenters. The molecule has 0 spiro atoms. The van der Waals surface area contributed by atoms with Crippen LogP contribution >= 0.6 is 7.82 Å². The molecule has 8 nitrogen and oxygen atoms in total. The predicted molar refractivity (Wildman–Crippen MR) is 160 cm³/mol. The summed E-state index contributed by atoms with van der Waals surface area (Å²) in [6, 6.07) is 0. The summed E-state index contributed by atoms with van der Waals surface area (Å²) in [6.07, 6.45) is 24.0. The summed E-state index contributed by atoms with van der Waals surface area (Å²) in [5.74, 6) is -0.334. The standard InChI is InChI=1S/C30H62NO7P/c1-3-5-7-9-11-13-14-15-16-18-20-22-25-35-27-29(28-37-39(33,34)36-26-24-31)38-30(32)23-21-19-17-12-10-8-6-4-2/h29H,3-28,31H2,1-2H3,(H,33,34). The molecule has 2 unspecified atom stereocenters. The van der Waals surface area contributed by atoms with Crippen LogP contribution in [0.3, 0.4) is 0 Å². The molecule has 0 aromatic heterocycles. The Hall–Kier alpha value is -0.500. The predicted octanol–water partition coefficient (Wildman–Crippen LogP) is 8.24. The minimum Gasteiger partial charge on any atom is -0.457 e. The van der Waals surface area contributed by atoms with Gasteiger partial charge in [-0.25, -0.2) is 4.57 Å². The molecule has 0 aromatic carbocycles. The number of carbonyl (C=O) groups excluding carboxylic acids is 1. The van der Waals surface area contributed by atoms with Crippen LogP contribution in [0.4, 0.5) is 0 Å². The first-order valence-electron chi connectivity index (χ1n) is 16.0. The highest BCUT2D eigenvalue weighted by Crippen LogP contribution is 2.43. The number of carbonyl (C=O) groups is 1. The van der Waals surface area contributed by atoms with E-state index in [1.807, 2.05) is 0 Å². The Labute approximate surface area is 240 Å². The molecule has 0 aliphatic carbocycles. The van der Waals surface area contributed by atoms with E-state index < -0.39 is 13.9 Å². The molecule has 0 aliphatic rings. The fourth-order valence-electron chi connectivity index (χ4n) is 4.41. The first-order valence-corrected chi connectivity index (χ1v) is 17.5. The van der Waals surface area contributed by atoms with Crippen LogP contribution in [-0.2, 0) is 27.9 Å². The molecule has 0 aliphatic heterocycles. The van der Waals surface area contributed by atoms with E-state index in [4.69, 9.17) is 24.3 Å². The van der Waals surface area contributed by atoms with Crippen molar-refractivity contribution in [3.05, 3.63) is 0 Å². The number of hydrogen-bond acceptors (Lipinski definition) is 7. The molecule has 234 valence electrons. The van der Waals surface area contributed by atoms with Gasteiger partial charge in [0.15, 0.2) is 0 Å². The van der Waals surface area contributed by atoms with Crippen LogP contribution in [0, 0.1) is 0 Å². The number of esters is 1.